The Balaban J connectivity index is 3.08. The Morgan fingerprint density at radius 3 is 1.77 bits per heavy atom. The van der Waals surface area contributed by atoms with Gasteiger partial charge in [-0.3, -0.25) is 0 Å². The third-order valence-electron chi connectivity index (χ3n) is 5.39. The molecule has 0 heterocycles. The zero-order valence-corrected chi connectivity index (χ0v) is 20.2. The van der Waals surface area contributed by atoms with Gasteiger partial charge in [-0.15, -0.1) is 0 Å². The Labute approximate surface area is 188 Å². The summed E-state index contributed by atoms with van der Waals surface area (Å²) in [5.41, 5.74) is 0.736. The van der Waals surface area contributed by atoms with Gasteiger partial charge in [0.2, 0.25) is 0 Å². The van der Waals surface area contributed by atoms with E-state index < -0.39 is 17.6 Å². The van der Waals surface area contributed by atoms with Crippen LogP contribution in [0.25, 0.3) is 0 Å². The first-order chi connectivity index (χ1) is 15.0. The van der Waals surface area contributed by atoms with Crippen molar-refractivity contribution in [2.24, 2.45) is 5.92 Å². The molecule has 1 aromatic rings. The highest BCUT2D eigenvalue weighted by Gasteiger charge is 2.42. The number of halogens is 2. The summed E-state index contributed by atoms with van der Waals surface area (Å²) in [6, 6.07) is 4.13. The van der Waals surface area contributed by atoms with Gasteiger partial charge in [0.1, 0.15) is 0 Å². The number of hydrogen-bond donors (Lipinski definition) is 0. The molecule has 0 aliphatic carbocycles. The summed E-state index contributed by atoms with van der Waals surface area (Å²) in [7, 11) is 0. The van der Waals surface area contributed by atoms with E-state index in [1.54, 1.807) is 6.07 Å². The van der Waals surface area contributed by atoms with Crippen LogP contribution in [0.4, 0.5) is 8.78 Å². The highest BCUT2D eigenvalue weighted by Crippen LogP contribution is 2.34. The maximum atomic E-state index is 13.9. The van der Waals surface area contributed by atoms with Gasteiger partial charge in [-0.1, -0.05) is 72.3 Å². The van der Waals surface area contributed by atoms with Crippen LogP contribution in [0, 0.1) is 17.6 Å². The second-order valence-corrected chi connectivity index (χ2v) is 8.35. The fourth-order valence-electron chi connectivity index (χ4n) is 3.74. The third-order valence-corrected chi connectivity index (χ3v) is 5.39. The number of rotatable bonds is 19. The van der Waals surface area contributed by atoms with Crippen LogP contribution in [0.1, 0.15) is 97.5 Å². The summed E-state index contributed by atoms with van der Waals surface area (Å²) >= 11 is 0. The predicted octanol–water partition coefficient (Wildman–Crippen LogP) is 7.81. The van der Waals surface area contributed by atoms with E-state index in [4.69, 9.17) is 14.2 Å². The van der Waals surface area contributed by atoms with Gasteiger partial charge >= 0.3 is 0 Å². The summed E-state index contributed by atoms with van der Waals surface area (Å²) in [6.07, 6.45) is 11.0. The lowest BCUT2D eigenvalue weighted by atomic mass is 9.90. The normalized spacial score (nSPS) is 13.0. The van der Waals surface area contributed by atoms with Gasteiger partial charge in [0.25, 0.3) is 5.97 Å². The first-order valence-corrected chi connectivity index (χ1v) is 12.4. The Kier molecular flexibility index (Phi) is 15.0. The largest absolute Gasteiger partial charge is 0.327 e. The van der Waals surface area contributed by atoms with Crippen molar-refractivity contribution in [2.75, 3.05) is 19.8 Å². The van der Waals surface area contributed by atoms with E-state index >= 15 is 0 Å². The van der Waals surface area contributed by atoms with Crippen molar-refractivity contribution in [3.05, 3.63) is 35.4 Å². The molecule has 3 nitrogen and oxygen atoms in total. The summed E-state index contributed by atoms with van der Waals surface area (Å²) in [5, 5.41) is 0. The molecule has 31 heavy (non-hydrogen) atoms. The Bertz CT molecular complexity index is 558. The van der Waals surface area contributed by atoms with Crippen LogP contribution >= 0.6 is 0 Å². The Hall–Kier alpha value is -1.04. The van der Waals surface area contributed by atoms with Crippen molar-refractivity contribution < 1.29 is 23.0 Å². The van der Waals surface area contributed by atoms with Crippen LogP contribution in [0.2, 0.25) is 0 Å². The van der Waals surface area contributed by atoms with Crippen molar-refractivity contribution in [1.29, 1.82) is 0 Å². The van der Waals surface area contributed by atoms with Crippen molar-refractivity contribution in [3.63, 3.8) is 0 Å². The maximum absolute atomic E-state index is 13.9. The second-order valence-electron chi connectivity index (χ2n) is 8.35. The zero-order chi connectivity index (χ0) is 23.0. The summed E-state index contributed by atoms with van der Waals surface area (Å²) in [6.45, 7) is 9.97. The zero-order valence-electron chi connectivity index (χ0n) is 20.2. The third kappa shape index (κ3) is 10.4. The van der Waals surface area contributed by atoms with Gasteiger partial charge in [0, 0.05) is 5.92 Å². The SMILES string of the molecule is CCCCCCCCC(Cc1ccc(F)c(F)c1)C(OCCC)(OCCC)OCCC. The minimum Gasteiger partial charge on any atom is -0.327 e. The minimum absolute atomic E-state index is 0.104. The van der Waals surface area contributed by atoms with Crippen molar-refractivity contribution >= 4 is 0 Å². The van der Waals surface area contributed by atoms with Gasteiger partial charge in [-0.05, 0) is 49.8 Å². The molecule has 0 radical (unpaired) electrons. The standard InChI is InChI=1S/C26H44F2O3/c1-5-9-10-11-12-13-14-23(20-22-15-16-24(27)25(28)21-22)26(29-17-6-2,30-18-7-3)31-19-8-4/h15-16,21,23H,5-14,17-20H2,1-4H3. The fraction of sp³-hybridized carbons (Fsp3) is 0.769. The lowest BCUT2D eigenvalue weighted by Gasteiger charge is -2.40. The Morgan fingerprint density at radius 1 is 0.710 bits per heavy atom. The highest BCUT2D eigenvalue weighted by molar-refractivity contribution is 5.18. The number of hydrogen-bond acceptors (Lipinski definition) is 3. The maximum Gasteiger partial charge on any atom is 0.286 e. The van der Waals surface area contributed by atoms with E-state index in [0.717, 1.165) is 44.1 Å². The van der Waals surface area contributed by atoms with E-state index in [9.17, 15) is 8.78 Å². The van der Waals surface area contributed by atoms with Crippen LogP contribution < -0.4 is 0 Å². The van der Waals surface area contributed by atoms with Gasteiger partial charge in [0.05, 0.1) is 19.8 Å². The molecule has 0 bridgehead atoms. The molecule has 0 amide bonds. The van der Waals surface area contributed by atoms with Crippen LogP contribution in [-0.4, -0.2) is 25.8 Å². The molecule has 1 aromatic carbocycles. The first kappa shape index (κ1) is 28.0. The summed E-state index contributed by atoms with van der Waals surface area (Å²) < 4.78 is 46.1. The topological polar surface area (TPSA) is 27.7 Å². The number of ether oxygens (including phenoxy) is 3. The number of benzene rings is 1. The minimum atomic E-state index is -1.16. The molecule has 1 rings (SSSR count). The molecule has 1 unspecified atom stereocenters. The van der Waals surface area contributed by atoms with E-state index in [0.29, 0.717) is 26.2 Å². The molecule has 0 aliphatic rings. The van der Waals surface area contributed by atoms with Gasteiger partial charge in [-0.25, -0.2) is 8.78 Å². The average molecular weight is 443 g/mol. The second kappa shape index (κ2) is 16.6. The molecule has 0 saturated heterocycles. The summed E-state index contributed by atoms with van der Waals surface area (Å²) in [4.78, 5) is 0. The quantitative estimate of drug-likeness (QED) is 0.161. The van der Waals surface area contributed by atoms with Gasteiger partial charge in [0.15, 0.2) is 11.6 Å². The molecule has 0 aliphatic heterocycles. The van der Waals surface area contributed by atoms with Crippen LogP contribution in [0.3, 0.4) is 0 Å². The number of unbranched alkanes of at least 4 members (excludes halogenated alkanes) is 5. The monoisotopic (exact) mass is 442 g/mol. The molecular formula is C26H44F2O3. The van der Waals surface area contributed by atoms with E-state index in [2.05, 4.69) is 27.7 Å². The van der Waals surface area contributed by atoms with Crippen molar-refractivity contribution in [2.45, 2.75) is 104 Å². The lowest BCUT2D eigenvalue weighted by molar-refractivity contribution is -0.406. The van der Waals surface area contributed by atoms with Gasteiger partial charge < -0.3 is 14.2 Å². The Morgan fingerprint density at radius 2 is 1.26 bits per heavy atom. The molecule has 1 atom stereocenters. The molecule has 0 saturated carbocycles. The molecule has 5 heteroatoms. The average Bonchev–Trinajstić information content (AvgIpc) is 2.77. The van der Waals surface area contributed by atoms with E-state index in [1.165, 1.54) is 37.8 Å². The smallest absolute Gasteiger partial charge is 0.286 e. The van der Waals surface area contributed by atoms with Crippen LogP contribution in [0.5, 0.6) is 0 Å². The van der Waals surface area contributed by atoms with Gasteiger partial charge in [-0.2, -0.15) is 0 Å². The van der Waals surface area contributed by atoms with Crippen molar-refractivity contribution in [3.8, 4) is 0 Å². The fourth-order valence-corrected chi connectivity index (χ4v) is 3.74. The van der Waals surface area contributed by atoms with Crippen molar-refractivity contribution in [1.82, 2.24) is 0 Å². The molecule has 0 N–H and O–H groups in total. The van der Waals surface area contributed by atoms with Crippen LogP contribution in [0.15, 0.2) is 18.2 Å². The predicted molar refractivity (Wildman–Crippen MR) is 123 cm³/mol. The van der Waals surface area contributed by atoms with Crippen LogP contribution in [-0.2, 0) is 20.6 Å². The first-order valence-electron chi connectivity index (χ1n) is 12.4. The lowest BCUT2D eigenvalue weighted by Crippen LogP contribution is -2.48. The van der Waals surface area contributed by atoms with E-state index in [1.807, 2.05) is 0 Å². The molecule has 180 valence electrons. The molecular weight excluding hydrogens is 398 g/mol. The highest BCUT2D eigenvalue weighted by atomic mass is 19.2. The van der Waals surface area contributed by atoms with E-state index in [-0.39, 0.29) is 5.92 Å². The summed E-state index contributed by atoms with van der Waals surface area (Å²) in [5.74, 6) is -2.90. The molecule has 0 aromatic heterocycles. The molecule has 0 spiro atoms. The molecule has 0 fully saturated rings.